The summed E-state index contributed by atoms with van der Waals surface area (Å²) in [6, 6.07) is 1.42. The number of alkyl halides is 1. The van der Waals surface area contributed by atoms with E-state index in [1.54, 1.807) is 0 Å². The fourth-order valence-electron chi connectivity index (χ4n) is 0.738. The summed E-state index contributed by atoms with van der Waals surface area (Å²) in [5.74, 6) is 0.243. The van der Waals surface area contributed by atoms with Crippen LogP contribution in [0.2, 0.25) is 0 Å². The van der Waals surface area contributed by atoms with Crippen LogP contribution in [0.5, 0.6) is 0 Å². The van der Waals surface area contributed by atoms with Gasteiger partial charge < -0.3 is 4.42 Å². The molecular formula is C7H10ClNO3S. The standard InChI is InChI=1S/C7H10ClNO3S/c1-9(2)13(10,11)7-3-6(4-8)5-12-7/h3,5H,4H2,1-2H3. The zero-order chi connectivity index (χ0) is 10.1. The third-order valence-electron chi connectivity index (χ3n) is 1.52. The highest BCUT2D eigenvalue weighted by molar-refractivity contribution is 7.88. The van der Waals surface area contributed by atoms with Crippen molar-refractivity contribution < 1.29 is 12.8 Å². The topological polar surface area (TPSA) is 50.5 Å². The molecule has 1 rings (SSSR count). The van der Waals surface area contributed by atoms with Gasteiger partial charge in [-0.2, -0.15) is 0 Å². The van der Waals surface area contributed by atoms with Gasteiger partial charge in [0.25, 0.3) is 10.0 Å². The minimum atomic E-state index is -3.46. The lowest BCUT2D eigenvalue weighted by atomic mass is 10.4. The molecule has 0 aliphatic rings. The van der Waals surface area contributed by atoms with Crippen molar-refractivity contribution in [1.29, 1.82) is 0 Å². The Labute approximate surface area is 82.1 Å². The van der Waals surface area contributed by atoms with Crippen molar-refractivity contribution in [1.82, 2.24) is 4.31 Å². The Kier molecular flexibility index (Phi) is 3.00. The van der Waals surface area contributed by atoms with Gasteiger partial charge in [-0.3, -0.25) is 0 Å². The van der Waals surface area contributed by atoms with Gasteiger partial charge in [-0.05, 0) is 0 Å². The second kappa shape index (κ2) is 3.69. The zero-order valence-electron chi connectivity index (χ0n) is 7.32. The predicted molar refractivity (Wildman–Crippen MR) is 49.1 cm³/mol. The van der Waals surface area contributed by atoms with Crippen LogP contribution < -0.4 is 0 Å². The number of furan rings is 1. The smallest absolute Gasteiger partial charge is 0.275 e. The first-order chi connectivity index (χ1) is 5.98. The molecule has 0 saturated carbocycles. The molecule has 0 aliphatic carbocycles. The van der Waals surface area contributed by atoms with E-state index in [-0.39, 0.29) is 11.0 Å². The van der Waals surface area contributed by atoms with Crippen LogP contribution in [-0.2, 0) is 15.9 Å². The Morgan fingerprint density at radius 1 is 1.54 bits per heavy atom. The molecule has 6 heteroatoms. The molecule has 0 aliphatic heterocycles. The van der Waals surface area contributed by atoms with Gasteiger partial charge in [0.05, 0.1) is 12.1 Å². The summed E-state index contributed by atoms with van der Waals surface area (Å²) in [6.45, 7) is 0. The van der Waals surface area contributed by atoms with Crippen LogP contribution in [-0.4, -0.2) is 26.8 Å². The van der Waals surface area contributed by atoms with E-state index in [0.717, 1.165) is 4.31 Å². The lowest BCUT2D eigenvalue weighted by Crippen LogP contribution is -2.21. The molecule has 0 amide bonds. The summed E-state index contributed by atoms with van der Waals surface area (Å²) in [5, 5.41) is -0.0758. The zero-order valence-corrected chi connectivity index (χ0v) is 8.89. The minimum Gasteiger partial charge on any atom is -0.451 e. The van der Waals surface area contributed by atoms with Gasteiger partial charge in [-0.1, -0.05) is 0 Å². The van der Waals surface area contributed by atoms with E-state index in [1.807, 2.05) is 0 Å². The quantitative estimate of drug-likeness (QED) is 0.726. The molecule has 0 bridgehead atoms. The van der Waals surface area contributed by atoms with Crippen LogP contribution in [0.4, 0.5) is 0 Å². The first-order valence-corrected chi connectivity index (χ1v) is 5.52. The molecule has 0 aromatic carbocycles. The molecule has 0 fully saturated rings. The molecule has 0 spiro atoms. The van der Waals surface area contributed by atoms with Crippen molar-refractivity contribution in [3.63, 3.8) is 0 Å². The molecule has 1 heterocycles. The monoisotopic (exact) mass is 223 g/mol. The van der Waals surface area contributed by atoms with Crippen LogP contribution in [0.1, 0.15) is 5.56 Å². The van der Waals surface area contributed by atoms with E-state index < -0.39 is 10.0 Å². The van der Waals surface area contributed by atoms with Gasteiger partial charge in [0.15, 0.2) is 0 Å². The molecule has 1 aromatic heterocycles. The van der Waals surface area contributed by atoms with Crippen molar-refractivity contribution in [2.75, 3.05) is 14.1 Å². The Hall–Kier alpha value is -0.520. The van der Waals surface area contributed by atoms with E-state index in [9.17, 15) is 8.42 Å². The highest BCUT2D eigenvalue weighted by atomic mass is 35.5. The summed E-state index contributed by atoms with van der Waals surface area (Å²) < 4.78 is 28.9. The Balaban J connectivity index is 3.09. The fraction of sp³-hybridized carbons (Fsp3) is 0.429. The summed E-state index contributed by atoms with van der Waals surface area (Å²) in [4.78, 5) is 0. The Morgan fingerprint density at radius 3 is 2.54 bits per heavy atom. The van der Waals surface area contributed by atoms with E-state index in [2.05, 4.69) is 0 Å². The second-order valence-corrected chi connectivity index (χ2v) is 5.05. The van der Waals surface area contributed by atoms with Crippen molar-refractivity contribution >= 4 is 21.6 Å². The van der Waals surface area contributed by atoms with Crippen molar-refractivity contribution in [2.24, 2.45) is 0 Å². The molecule has 4 nitrogen and oxygen atoms in total. The van der Waals surface area contributed by atoms with Gasteiger partial charge in [-0.15, -0.1) is 11.6 Å². The average Bonchev–Trinajstić information content (AvgIpc) is 2.51. The molecule has 0 radical (unpaired) electrons. The summed E-state index contributed by atoms with van der Waals surface area (Å²) in [6.07, 6.45) is 1.34. The fourth-order valence-corrected chi connectivity index (χ4v) is 1.71. The lowest BCUT2D eigenvalue weighted by molar-refractivity contribution is 0.426. The van der Waals surface area contributed by atoms with Crippen LogP contribution in [0.25, 0.3) is 0 Å². The van der Waals surface area contributed by atoms with Crippen LogP contribution in [0.15, 0.2) is 21.8 Å². The number of nitrogens with zero attached hydrogens (tertiary/aromatic N) is 1. The molecule has 0 unspecified atom stereocenters. The van der Waals surface area contributed by atoms with Crippen molar-refractivity contribution in [3.8, 4) is 0 Å². The van der Waals surface area contributed by atoms with E-state index in [0.29, 0.717) is 5.56 Å². The SMILES string of the molecule is CN(C)S(=O)(=O)c1cc(CCl)co1. The minimum absolute atomic E-state index is 0.0758. The lowest BCUT2D eigenvalue weighted by Gasteiger charge is -2.07. The molecule has 0 N–H and O–H groups in total. The van der Waals surface area contributed by atoms with Gasteiger partial charge in [0.2, 0.25) is 5.09 Å². The van der Waals surface area contributed by atoms with Crippen LogP contribution >= 0.6 is 11.6 Å². The highest BCUT2D eigenvalue weighted by Gasteiger charge is 2.21. The second-order valence-electron chi connectivity index (χ2n) is 2.70. The van der Waals surface area contributed by atoms with Crippen LogP contribution in [0, 0.1) is 0 Å². The number of hydrogen-bond acceptors (Lipinski definition) is 3. The van der Waals surface area contributed by atoms with E-state index >= 15 is 0 Å². The number of hydrogen-bond donors (Lipinski definition) is 0. The van der Waals surface area contributed by atoms with Crippen molar-refractivity contribution in [3.05, 3.63) is 17.9 Å². The molecule has 13 heavy (non-hydrogen) atoms. The third-order valence-corrected chi connectivity index (χ3v) is 3.51. The molecular weight excluding hydrogens is 214 g/mol. The van der Waals surface area contributed by atoms with E-state index in [1.165, 1.54) is 26.4 Å². The first-order valence-electron chi connectivity index (χ1n) is 3.54. The summed E-state index contributed by atoms with van der Waals surface area (Å²) in [7, 11) is -0.573. The average molecular weight is 224 g/mol. The summed E-state index contributed by atoms with van der Waals surface area (Å²) >= 11 is 5.50. The van der Waals surface area contributed by atoms with Gasteiger partial charge in [0.1, 0.15) is 0 Å². The maximum Gasteiger partial charge on any atom is 0.275 e. The largest absolute Gasteiger partial charge is 0.451 e. The highest BCUT2D eigenvalue weighted by Crippen LogP contribution is 2.17. The number of sulfonamides is 1. The summed E-state index contributed by atoms with van der Waals surface area (Å²) in [5.41, 5.74) is 0.655. The molecule has 1 aromatic rings. The predicted octanol–water partition coefficient (Wildman–Crippen LogP) is 1.27. The Bertz CT molecular complexity index is 382. The van der Waals surface area contributed by atoms with Crippen LogP contribution in [0.3, 0.4) is 0 Å². The number of halogens is 1. The van der Waals surface area contributed by atoms with Gasteiger partial charge in [-0.25, -0.2) is 12.7 Å². The van der Waals surface area contributed by atoms with Crippen molar-refractivity contribution in [2.45, 2.75) is 11.0 Å². The molecule has 0 saturated heterocycles. The molecule has 74 valence electrons. The van der Waals surface area contributed by atoms with E-state index in [4.69, 9.17) is 16.0 Å². The van der Waals surface area contributed by atoms with Gasteiger partial charge in [0, 0.05) is 25.7 Å². The first kappa shape index (κ1) is 10.6. The Morgan fingerprint density at radius 2 is 2.15 bits per heavy atom. The normalized spacial score (nSPS) is 12.3. The maximum absolute atomic E-state index is 11.5. The third kappa shape index (κ3) is 2.04. The van der Waals surface area contributed by atoms with Gasteiger partial charge >= 0.3 is 0 Å². The number of rotatable bonds is 3. The maximum atomic E-state index is 11.5. The molecule has 0 atom stereocenters.